The van der Waals surface area contributed by atoms with Gasteiger partial charge in [-0.3, -0.25) is 10.1 Å². The van der Waals surface area contributed by atoms with E-state index >= 15 is 0 Å². The molecule has 0 saturated heterocycles. The molecule has 0 heterocycles. The highest BCUT2D eigenvalue weighted by molar-refractivity contribution is 5.60. The van der Waals surface area contributed by atoms with E-state index in [2.05, 4.69) is 16.8 Å². The minimum absolute atomic E-state index is 0.0244. The van der Waals surface area contributed by atoms with Crippen LogP contribution < -0.4 is 0 Å². The maximum atomic E-state index is 10.5. The predicted octanol–water partition coefficient (Wildman–Crippen LogP) is 3.48. The van der Waals surface area contributed by atoms with E-state index in [0.29, 0.717) is 16.8 Å². The maximum absolute atomic E-state index is 10.5. The normalized spacial score (nSPS) is 9.00. The summed E-state index contributed by atoms with van der Waals surface area (Å²) in [6.45, 7) is 0. The predicted molar refractivity (Wildman–Crippen MR) is 70.3 cm³/mol. The second-order valence-corrected chi connectivity index (χ2v) is 3.67. The fourth-order valence-electron chi connectivity index (χ4n) is 1.47. The van der Waals surface area contributed by atoms with Crippen molar-refractivity contribution in [3.8, 4) is 11.8 Å². The van der Waals surface area contributed by atoms with Crippen molar-refractivity contribution in [3.05, 3.63) is 74.7 Å². The summed E-state index contributed by atoms with van der Waals surface area (Å²) in [5.74, 6) is 5.71. The molecule has 0 aliphatic carbocycles. The number of hydrogen-bond acceptors (Lipinski definition) is 3. The van der Waals surface area contributed by atoms with Crippen LogP contribution in [0.4, 0.5) is 11.4 Å². The van der Waals surface area contributed by atoms with Gasteiger partial charge in [-0.25, -0.2) is 0 Å². The molecule has 90 valence electrons. The quantitative estimate of drug-likeness (QED) is 0.336. The number of diazo groups is 1. The van der Waals surface area contributed by atoms with E-state index < -0.39 is 4.92 Å². The summed E-state index contributed by atoms with van der Waals surface area (Å²) < 4.78 is 0. The van der Waals surface area contributed by atoms with Gasteiger partial charge in [-0.2, -0.15) is 0 Å². The van der Waals surface area contributed by atoms with Gasteiger partial charge in [0.2, 0.25) is 5.39 Å². The molecule has 2 aromatic rings. The van der Waals surface area contributed by atoms with Gasteiger partial charge in [0.15, 0.2) is 4.98 Å². The molecular weight excluding hydrogens is 242 g/mol. The van der Waals surface area contributed by atoms with Gasteiger partial charge in [-0.05, 0) is 18.2 Å². The minimum atomic E-state index is -0.461. The fraction of sp³-hybridized carbons (Fsp3) is 0. The van der Waals surface area contributed by atoms with E-state index in [1.165, 1.54) is 12.1 Å². The summed E-state index contributed by atoms with van der Waals surface area (Å²) in [6.07, 6.45) is 0. The highest BCUT2D eigenvalue weighted by Gasteiger charge is 2.09. The average molecular weight is 250 g/mol. The SMILES string of the molecule is N#[N+]c1ccccc1C#Cc1ccc([N+](=O)[O-])cc1. The van der Waals surface area contributed by atoms with Crippen LogP contribution >= 0.6 is 0 Å². The van der Waals surface area contributed by atoms with Crippen LogP contribution in [0.25, 0.3) is 4.98 Å². The summed E-state index contributed by atoms with van der Waals surface area (Å²) in [7, 11) is 0. The van der Waals surface area contributed by atoms with Gasteiger partial charge >= 0.3 is 5.69 Å². The van der Waals surface area contributed by atoms with Crippen LogP contribution in [0.3, 0.4) is 0 Å². The Kier molecular flexibility index (Phi) is 3.51. The smallest absolute Gasteiger partial charge is 0.258 e. The molecule has 0 bridgehead atoms. The topological polar surface area (TPSA) is 71.3 Å². The first-order chi connectivity index (χ1) is 9.20. The monoisotopic (exact) mass is 250 g/mol. The Labute approximate surface area is 109 Å². The second kappa shape index (κ2) is 5.44. The Bertz CT molecular complexity index is 719. The molecule has 0 atom stereocenters. The van der Waals surface area contributed by atoms with E-state index in [9.17, 15) is 10.1 Å². The van der Waals surface area contributed by atoms with Crippen molar-refractivity contribution in [2.75, 3.05) is 0 Å². The van der Waals surface area contributed by atoms with Gasteiger partial charge < -0.3 is 0 Å². The van der Waals surface area contributed by atoms with Gasteiger partial charge in [0.1, 0.15) is 5.56 Å². The van der Waals surface area contributed by atoms with Crippen molar-refractivity contribution in [1.82, 2.24) is 0 Å². The van der Waals surface area contributed by atoms with Crippen molar-refractivity contribution < 1.29 is 4.92 Å². The van der Waals surface area contributed by atoms with Crippen molar-refractivity contribution in [3.63, 3.8) is 0 Å². The molecule has 0 radical (unpaired) electrons. The molecule has 5 heteroatoms. The van der Waals surface area contributed by atoms with E-state index in [1.54, 1.807) is 36.4 Å². The number of non-ortho nitro benzene ring substituents is 1. The summed E-state index contributed by atoms with van der Waals surface area (Å²) in [4.78, 5) is 13.2. The van der Waals surface area contributed by atoms with Crippen LogP contribution in [-0.4, -0.2) is 4.92 Å². The van der Waals surface area contributed by atoms with Crippen molar-refractivity contribution >= 4 is 11.4 Å². The number of benzene rings is 2. The minimum Gasteiger partial charge on any atom is -0.258 e. The highest BCUT2D eigenvalue weighted by Crippen LogP contribution is 2.17. The first kappa shape index (κ1) is 12.3. The molecule has 2 aromatic carbocycles. The zero-order valence-electron chi connectivity index (χ0n) is 9.78. The first-order valence-corrected chi connectivity index (χ1v) is 5.41. The Balaban J connectivity index is 2.29. The lowest BCUT2D eigenvalue weighted by Gasteiger charge is -1.91. The Morgan fingerprint density at radius 1 is 1.05 bits per heavy atom. The molecule has 5 nitrogen and oxygen atoms in total. The lowest BCUT2D eigenvalue weighted by molar-refractivity contribution is -0.384. The zero-order valence-corrected chi connectivity index (χ0v) is 9.78. The van der Waals surface area contributed by atoms with Gasteiger partial charge in [-0.1, -0.05) is 24.0 Å². The van der Waals surface area contributed by atoms with E-state index in [1.807, 2.05) is 0 Å². The van der Waals surface area contributed by atoms with Crippen LogP contribution in [0.1, 0.15) is 11.1 Å². The fourth-order valence-corrected chi connectivity index (χ4v) is 1.47. The van der Waals surface area contributed by atoms with Crippen LogP contribution in [0.15, 0.2) is 48.5 Å². The molecule has 0 aromatic heterocycles. The molecule has 0 aliphatic heterocycles. The van der Waals surface area contributed by atoms with Gasteiger partial charge in [0.05, 0.1) is 4.92 Å². The first-order valence-electron chi connectivity index (χ1n) is 5.41. The summed E-state index contributed by atoms with van der Waals surface area (Å²) in [5, 5.41) is 19.3. The van der Waals surface area contributed by atoms with Gasteiger partial charge in [0.25, 0.3) is 5.69 Å². The van der Waals surface area contributed by atoms with Gasteiger partial charge in [0, 0.05) is 23.8 Å². The number of hydrogen-bond donors (Lipinski definition) is 0. The largest absolute Gasteiger partial charge is 0.400 e. The highest BCUT2D eigenvalue weighted by atomic mass is 16.6. The molecule has 0 amide bonds. The van der Waals surface area contributed by atoms with Crippen molar-refractivity contribution in [2.45, 2.75) is 0 Å². The molecule has 0 spiro atoms. The number of nitrogens with zero attached hydrogens (tertiary/aromatic N) is 3. The average Bonchev–Trinajstić information content (AvgIpc) is 2.45. The summed E-state index contributed by atoms with van der Waals surface area (Å²) in [5.41, 5.74) is 1.65. The second-order valence-electron chi connectivity index (χ2n) is 3.67. The van der Waals surface area contributed by atoms with Crippen molar-refractivity contribution in [1.29, 1.82) is 5.39 Å². The lowest BCUT2D eigenvalue weighted by Crippen LogP contribution is -1.86. The standard InChI is InChI=1S/C14H8N3O2/c15-16-14-4-2-1-3-12(14)8-5-11-6-9-13(10-7-11)17(18)19/h1-4,6-7,9-10H/q+1. The van der Waals surface area contributed by atoms with E-state index in [4.69, 9.17) is 5.39 Å². The van der Waals surface area contributed by atoms with E-state index in [-0.39, 0.29) is 5.69 Å². The maximum Gasteiger partial charge on any atom is 0.400 e. The lowest BCUT2D eigenvalue weighted by atomic mass is 10.1. The molecule has 0 unspecified atom stereocenters. The summed E-state index contributed by atoms with van der Waals surface area (Å²) >= 11 is 0. The third kappa shape index (κ3) is 2.93. The molecule has 0 saturated carbocycles. The summed E-state index contributed by atoms with van der Waals surface area (Å²) in [6, 6.07) is 12.8. The van der Waals surface area contributed by atoms with Gasteiger partial charge in [-0.15, -0.1) is 0 Å². The van der Waals surface area contributed by atoms with Crippen LogP contribution in [0, 0.1) is 27.3 Å². The third-order valence-corrected chi connectivity index (χ3v) is 2.43. The molecular formula is C14H8N3O2+. The molecule has 0 fully saturated rings. The van der Waals surface area contributed by atoms with Crippen LogP contribution in [-0.2, 0) is 0 Å². The Morgan fingerprint density at radius 3 is 2.37 bits per heavy atom. The molecule has 19 heavy (non-hydrogen) atoms. The molecule has 0 aliphatic rings. The molecule has 2 rings (SSSR count). The van der Waals surface area contributed by atoms with Crippen LogP contribution in [0.5, 0.6) is 0 Å². The zero-order chi connectivity index (χ0) is 13.7. The van der Waals surface area contributed by atoms with E-state index in [0.717, 1.165) is 0 Å². The number of rotatable bonds is 1. The molecule has 0 N–H and O–H groups in total. The Morgan fingerprint density at radius 2 is 1.74 bits per heavy atom. The Hall–Kier alpha value is -3.18. The third-order valence-electron chi connectivity index (χ3n) is 2.43. The number of nitro groups is 1. The van der Waals surface area contributed by atoms with Crippen LogP contribution in [0.2, 0.25) is 0 Å². The number of nitro benzene ring substituents is 1. The van der Waals surface area contributed by atoms with Crippen molar-refractivity contribution in [2.24, 2.45) is 0 Å².